The quantitative estimate of drug-likeness (QED) is 0.402. The number of imidazole rings is 1. The maximum Gasteiger partial charge on any atom is 0.332 e. The van der Waals surface area contributed by atoms with Crippen LogP contribution in [0.2, 0.25) is 0 Å². The molecule has 0 aliphatic heterocycles. The van der Waals surface area contributed by atoms with Crippen molar-refractivity contribution in [1.29, 1.82) is 0 Å². The van der Waals surface area contributed by atoms with Crippen molar-refractivity contribution in [3.63, 3.8) is 0 Å². The number of anilines is 1. The minimum Gasteiger partial charge on any atom is -0.298 e. The Kier molecular flexibility index (Phi) is 4.85. The molecule has 0 amide bonds. The summed E-state index contributed by atoms with van der Waals surface area (Å²) in [5, 5.41) is 6.10. The van der Waals surface area contributed by atoms with Crippen molar-refractivity contribution in [2.24, 2.45) is 19.2 Å². The van der Waals surface area contributed by atoms with Crippen LogP contribution in [-0.4, -0.2) is 24.9 Å². The molecule has 0 saturated carbocycles. The summed E-state index contributed by atoms with van der Waals surface area (Å²) in [6, 6.07) is 10.1. The Hall–Kier alpha value is -3.53. The molecule has 8 nitrogen and oxygen atoms in total. The summed E-state index contributed by atoms with van der Waals surface area (Å²) in [6.45, 7) is 0.0491. The molecular formula is C19H17FN6O2S. The molecule has 0 unspecified atom stereocenters. The average Bonchev–Trinajstić information content (AvgIpc) is 3.35. The molecule has 0 spiro atoms. The normalized spacial score (nSPS) is 11.6. The lowest BCUT2D eigenvalue weighted by atomic mass is 10.2. The van der Waals surface area contributed by atoms with Crippen LogP contribution < -0.4 is 16.7 Å². The third-order valence-corrected chi connectivity index (χ3v) is 5.34. The van der Waals surface area contributed by atoms with Gasteiger partial charge >= 0.3 is 5.69 Å². The number of hydrazone groups is 1. The molecular weight excluding hydrogens is 395 g/mol. The van der Waals surface area contributed by atoms with Gasteiger partial charge in [0.25, 0.3) is 5.56 Å². The second-order valence-corrected chi connectivity index (χ2v) is 7.36. The zero-order valence-corrected chi connectivity index (χ0v) is 16.5. The number of nitrogens with one attached hydrogen (secondary N) is 1. The summed E-state index contributed by atoms with van der Waals surface area (Å²) in [6.07, 6.45) is 1.62. The minimum absolute atomic E-state index is 0.0491. The largest absolute Gasteiger partial charge is 0.332 e. The lowest BCUT2D eigenvalue weighted by Crippen LogP contribution is -2.37. The number of fused-ring (bicyclic) bond motifs is 1. The first-order chi connectivity index (χ1) is 14.0. The van der Waals surface area contributed by atoms with E-state index in [0.29, 0.717) is 5.56 Å². The molecule has 3 aromatic heterocycles. The van der Waals surface area contributed by atoms with E-state index in [-0.39, 0.29) is 23.7 Å². The molecule has 0 atom stereocenters. The summed E-state index contributed by atoms with van der Waals surface area (Å²) in [5.41, 5.74) is 2.58. The molecule has 1 aromatic carbocycles. The summed E-state index contributed by atoms with van der Waals surface area (Å²) in [4.78, 5) is 30.4. The van der Waals surface area contributed by atoms with E-state index in [1.54, 1.807) is 24.4 Å². The van der Waals surface area contributed by atoms with E-state index >= 15 is 0 Å². The molecule has 0 radical (unpaired) electrons. The first-order valence-corrected chi connectivity index (χ1v) is 9.57. The number of aryl methyl sites for hydroxylation is 1. The molecule has 4 rings (SSSR count). The maximum absolute atomic E-state index is 14.3. The van der Waals surface area contributed by atoms with Crippen LogP contribution in [0.5, 0.6) is 0 Å². The van der Waals surface area contributed by atoms with Crippen molar-refractivity contribution in [2.45, 2.75) is 6.54 Å². The first-order valence-electron chi connectivity index (χ1n) is 8.69. The standard InChI is InChI=1S/C19H17FN6O2S/c1-24-16-15(17(27)25(2)19(24)28)26(11-12-6-3-4-8-14(12)20)18(22-16)23-21-10-13-7-5-9-29-13/h3-10H,11H2,1-2H3,(H,22,23)/b21-10+. The fraction of sp³-hybridized carbons (Fsp3) is 0.158. The summed E-state index contributed by atoms with van der Waals surface area (Å²) >= 11 is 1.52. The Bertz CT molecular complexity index is 1330. The average molecular weight is 412 g/mol. The molecule has 1 N–H and O–H groups in total. The van der Waals surface area contributed by atoms with E-state index < -0.39 is 17.1 Å². The van der Waals surface area contributed by atoms with Gasteiger partial charge in [-0.25, -0.2) is 14.6 Å². The molecule has 0 bridgehead atoms. The highest BCUT2D eigenvalue weighted by molar-refractivity contribution is 7.11. The summed E-state index contributed by atoms with van der Waals surface area (Å²) in [7, 11) is 2.93. The van der Waals surface area contributed by atoms with E-state index in [1.165, 1.54) is 40.6 Å². The van der Waals surface area contributed by atoms with E-state index in [4.69, 9.17) is 0 Å². The van der Waals surface area contributed by atoms with Crippen molar-refractivity contribution in [1.82, 2.24) is 18.7 Å². The fourth-order valence-corrected chi connectivity index (χ4v) is 3.59. The molecule has 0 aliphatic carbocycles. The number of thiophene rings is 1. The van der Waals surface area contributed by atoms with Crippen LogP contribution in [-0.2, 0) is 20.6 Å². The van der Waals surface area contributed by atoms with E-state index in [9.17, 15) is 14.0 Å². The van der Waals surface area contributed by atoms with Gasteiger partial charge in [0.2, 0.25) is 5.95 Å². The second kappa shape index (κ2) is 7.47. The van der Waals surface area contributed by atoms with Crippen molar-refractivity contribution in [2.75, 3.05) is 5.43 Å². The van der Waals surface area contributed by atoms with Crippen LogP contribution in [0.15, 0.2) is 56.5 Å². The fourth-order valence-electron chi connectivity index (χ4n) is 3.00. The van der Waals surface area contributed by atoms with Gasteiger partial charge in [0.15, 0.2) is 11.2 Å². The Balaban J connectivity index is 1.88. The monoisotopic (exact) mass is 412 g/mol. The van der Waals surface area contributed by atoms with E-state index in [1.807, 2.05) is 17.5 Å². The van der Waals surface area contributed by atoms with Gasteiger partial charge in [-0.15, -0.1) is 11.3 Å². The summed E-state index contributed by atoms with van der Waals surface area (Å²) < 4.78 is 18.1. The highest BCUT2D eigenvalue weighted by Crippen LogP contribution is 2.19. The molecule has 0 fully saturated rings. The highest BCUT2D eigenvalue weighted by Gasteiger charge is 2.20. The number of hydrogen-bond acceptors (Lipinski definition) is 6. The third-order valence-electron chi connectivity index (χ3n) is 4.53. The second-order valence-electron chi connectivity index (χ2n) is 6.38. The molecule has 0 aliphatic rings. The zero-order valence-electron chi connectivity index (χ0n) is 15.7. The van der Waals surface area contributed by atoms with E-state index in [2.05, 4.69) is 15.5 Å². The molecule has 29 heavy (non-hydrogen) atoms. The molecule has 148 valence electrons. The zero-order chi connectivity index (χ0) is 20.5. The number of benzene rings is 1. The van der Waals surface area contributed by atoms with Gasteiger partial charge < -0.3 is 0 Å². The smallest absolute Gasteiger partial charge is 0.298 e. The highest BCUT2D eigenvalue weighted by atomic mass is 32.1. The third kappa shape index (κ3) is 3.38. The molecule has 10 heteroatoms. The predicted octanol–water partition coefficient (Wildman–Crippen LogP) is 2.13. The maximum atomic E-state index is 14.3. The minimum atomic E-state index is -0.512. The Morgan fingerprint density at radius 1 is 1.17 bits per heavy atom. The lowest BCUT2D eigenvalue weighted by molar-refractivity contribution is 0.601. The van der Waals surface area contributed by atoms with Gasteiger partial charge in [-0.1, -0.05) is 24.3 Å². The topological polar surface area (TPSA) is 86.2 Å². The van der Waals surface area contributed by atoms with Gasteiger partial charge in [-0.3, -0.25) is 18.5 Å². The Labute approximate surface area is 168 Å². The van der Waals surface area contributed by atoms with Crippen LogP contribution in [0.3, 0.4) is 0 Å². The van der Waals surface area contributed by atoms with Crippen molar-refractivity contribution >= 4 is 34.7 Å². The van der Waals surface area contributed by atoms with E-state index in [0.717, 1.165) is 9.44 Å². The van der Waals surface area contributed by atoms with Gasteiger partial charge in [0.05, 0.1) is 12.8 Å². The summed E-state index contributed by atoms with van der Waals surface area (Å²) in [5.74, 6) is -0.168. The molecule has 4 aromatic rings. The van der Waals surface area contributed by atoms with Crippen LogP contribution in [0.4, 0.5) is 10.3 Å². The van der Waals surface area contributed by atoms with Gasteiger partial charge in [0, 0.05) is 24.5 Å². The SMILES string of the molecule is Cn1c(=O)c2c(nc(N/N=C/c3cccs3)n2Cc2ccccc2F)n(C)c1=O. The van der Waals surface area contributed by atoms with Crippen LogP contribution in [0.25, 0.3) is 11.2 Å². The number of rotatable bonds is 5. The molecule has 3 heterocycles. The van der Waals surface area contributed by atoms with Gasteiger partial charge in [-0.05, 0) is 17.5 Å². The van der Waals surface area contributed by atoms with Crippen LogP contribution >= 0.6 is 11.3 Å². The first kappa shape index (κ1) is 18.8. The van der Waals surface area contributed by atoms with Crippen molar-refractivity contribution < 1.29 is 4.39 Å². The number of nitrogens with zero attached hydrogens (tertiary/aromatic N) is 5. The molecule has 0 saturated heterocycles. The number of hydrogen-bond donors (Lipinski definition) is 1. The number of aromatic nitrogens is 4. The van der Waals surface area contributed by atoms with Crippen LogP contribution in [0, 0.1) is 5.82 Å². The lowest BCUT2D eigenvalue weighted by Gasteiger charge is -2.10. The van der Waals surface area contributed by atoms with Gasteiger partial charge in [0.1, 0.15) is 5.82 Å². The number of halogens is 1. The predicted molar refractivity (Wildman–Crippen MR) is 111 cm³/mol. The van der Waals surface area contributed by atoms with Crippen LogP contribution in [0.1, 0.15) is 10.4 Å². The van der Waals surface area contributed by atoms with Gasteiger partial charge in [-0.2, -0.15) is 10.1 Å². The van der Waals surface area contributed by atoms with Crippen molar-refractivity contribution in [3.05, 3.63) is 78.9 Å². The van der Waals surface area contributed by atoms with Crippen molar-refractivity contribution in [3.8, 4) is 0 Å². The Morgan fingerprint density at radius 3 is 2.69 bits per heavy atom. The Morgan fingerprint density at radius 2 is 1.97 bits per heavy atom.